The molecule has 0 spiro atoms. The highest BCUT2D eigenvalue weighted by Gasteiger charge is 2.48. The summed E-state index contributed by atoms with van der Waals surface area (Å²) >= 11 is 0. The average molecular weight is 500 g/mol. The maximum Gasteiger partial charge on any atom is 0.326 e. The molecule has 2 aliphatic rings. The molecule has 11 heteroatoms. The van der Waals surface area contributed by atoms with Crippen molar-refractivity contribution in [3.63, 3.8) is 0 Å². The van der Waals surface area contributed by atoms with E-state index in [0.717, 1.165) is 0 Å². The van der Waals surface area contributed by atoms with E-state index in [2.05, 4.69) is 10.0 Å². The van der Waals surface area contributed by atoms with Crippen molar-refractivity contribution < 1.29 is 31.9 Å². The fourth-order valence-electron chi connectivity index (χ4n) is 3.55. The third kappa shape index (κ3) is 6.25. The van der Waals surface area contributed by atoms with Gasteiger partial charge in [0.1, 0.15) is 12.3 Å². The van der Waals surface area contributed by atoms with Crippen LogP contribution in [0.3, 0.4) is 0 Å². The van der Waals surface area contributed by atoms with E-state index in [1.807, 2.05) is 20.8 Å². The van der Waals surface area contributed by atoms with Crippen LogP contribution in [0, 0.1) is 11.2 Å². The second kappa shape index (κ2) is 9.43. The predicted molar refractivity (Wildman–Crippen MR) is 124 cm³/mol. The number of halogens is 1. The molecule has 190 valence electrons. The Kier molecular flexibility index (Phi) is 7.31. The summed E-state index contributed by atoms with van der Waals surface area (Å²) in [7, 11) is -3.64. The lowest BCUT2D eigenvalue weighted by Gasteiger charge is -2.27. The largest absolute Gasteiger partial charge is 0.490 e. The lowest BCUT2D eigenvalue weighted by atomic mass is 9.98. The Balaban J connectivity index is 1.52. The molecule has 34 heavy (non-hydrogen) atoms. The zero-order chi connectivity index (χ0) is 25.4. The molecule has 1 aliphatic carbocycles. The summed E-state index contributed by atoms with van der Waals surface area (Å²) in [5, 5.41) is 2.22. The second-order valence-corrected chi connectivity index (χ2v) is 12.5. The third-order valence-electron chi connectivity index (χ3n) is 5.86. The number of sulfonamides is 1. The maximum atomic E-state index is 14.2. The van der Waals surface area contributed by atoms with Crippen LogP contribution in [0.4, 0.5) is 9.18 Å². The standard InChI is InChI=1S/C23H34FN3O6S/c1-21(2,3)14-33-18-13-16(7-8-17(18)24)23(9-10-23)26-34(30,31)12-6-11-32-15-27-20(29)25-19(28)22(27,4)5/h7-8,13,26H,6,9-12,14-15H2,1-5H3,(H,25,28,29). The smallest absolute Gasteiger partial charge is 0.326 e. The molecule has 1 saturated heterocycles. The van der Waals surface area contributed by atoms with Crippen LogP contribution in [0.1, 0.15) is 59.4 Å². The molecule has 0 atom stereocenters. The van der Waals surface area contributed by atoms with Gasteiger partial charge in [0.2, 0.25) is 10.0 Å². The second-order valence-electron chi connectivity index (χ2n) is 10.6. The molecule has 9 nitrogen and oxygen atoms in total. The number of urea groups is 1. The Hall–Kier alpha value is -2.24. The van der Waals surface area contributed by atoms with Crippen LogP contribution >= 0.6 is 0 Å². The van der Waals surface area contributed by atoms with E-state index >= 15 is 0 Å². The van der Waals surface area contributed by atoms with Gasteiger partial charge in [-0.25, -0.2) is 22.3 Å². The molecule has 0 unspecified atom stereocenters. The highest BCUT2D eigenvalue weighted by molar-refractivity contribution is 7.89. The SMILES string of the molecule is CC(C)(C)COc1cc(C2(NS(=O)(=O)CCCOCN3C(=O)NC(=O)C3(C)C)CC2)ccc1F. The first-order chi connectivity index (χ1) is 15.7. The monoisotopic (exact) mass is 499 g/mol. The minimum atomic E-state index is -3.64. The Morgan fingerprint density at radius 3 is 2.44 bits per heavy atom. The van der Waals surface area contributed by atoms with Gasteiger partial charge in [0.25, 0.3) is 5.91 Å². The van der Waals surface area contributed by atoms with Crippen molar-refractivity contribution in [2.45, 2.75) is 65.0 Å². The highest BCUT2D eigenvalue weighted by Crippen LogP contribution is 2.47. The van der Waals surface area contributed by atoms with Gasteiger partial charge in [-0.1, -0.05) is 26.8 Å². The lowest BCUT2D eigenvalue weighted by molar-refractivity contribution is -0.126. The normalized spacial score (nSPS) is 19.3. The van der Waals surface area contributed by atoms with Gasteiger partial charge >= 0.3 is 6.03 Å². The molecule has 1 aliphatic heterocycles. The minimum Gasteiger partial charge on any atom is -0.490 e. The van der Waals surface area contributed by atoms with Gasteiger partial charge < -0.3 is 9.47 Å². The van der Waals surface area contributed by atoms with Crippen molar-refractivity contribution in [2.75, 3.05) is 25.7 Å². The fourth-order valence-corrected chi connectivity index (χ4v) is 5.07. The summed E-state index contributed by atoms with van der Waals surface area (Å²) in [4.78, 5) is 24.9. The summed E-state index contributed by atoms with van der Waals surface area (Å²) in [6.45, 7) is 9.47. The molecule has 0 aromatic heterocycles. The van der Waals surface area contributed by atoms with Crippen molar-refractivity contribution >= 4 is 22.0 Å². The van der Waals surface area contributed by atoms with E-state index in [0.29, 0.717) is 25.0 Å². The van der Waals surface area contributed by atoms with Gasteiger partial charge in [-0.2, -0.15) is 0 Å². The first kappa shape index (κ1) is 26.4. The van der Waals surface area contributed by atoms with Gasteiger partial charge in [-0.15, -0.1) is 0 Å². The lowest BCUT2D eigenvalue weighted by Crippen LogP contribution is -2.45. The Morgan fingerprint density at radius 1 is 1.21 bits per heavy atom. The van der Waals surface area contributed by atoms with Crippen LogP contribution in [-0.4, -0.2) is 56.5 Å². The van der Waals surface area contributed by atoms with Crippen molar-refractivity contribution in [3.8, 4) is 5.75 Å². The predicted octanol–water partition coefficient (Wildman–Crippen LogP) is 2.85. The van der Waals surface area contributed by atoms with E-state index in [1.165, 1.54) is 11.0 Å². The third-order valence-corrected chi connectivity index (χ3v) is 7.39. The number of carbonyl (C=O) groups excluding carboxylic acids is 2. The number of nitrogens with zero attached hydrogens (tertiary/aromatic N) is 1. The van der Waals surface area contributed by atoms with E-state index in [4.69, 9.17) is 9.47 Å². The first-order valence-corrected chi connectivity index (χ1v) is 13.0. The van der Waals surface area contributed by atoms with Gasteiger partial charge in [-0.05, 0) is 56.2 Å². The molecule has 3 amide bonds. The number of carbonyl (C=O) groups is 2. The topological polar surface area (TPSA) is 114 Å². The van der Waals surface area contributed by atoms with Gasteiger partial charge in [0.15, 0.2) is 11.6 Å². The van der Waals surface area contributed by atoms with Crippen LogP contribution in [-0.2, 0) is 25.1 Å². The van der Waals surface area contributed by atoms with Crippen LogP contribution in [0.25, 0.3) is 0 Å². The average Bonchev–Trinajstić information content (AvgIpc) is 3.44. The minimum absolute atomic E-state index is 0.100. The van der Waals surface area contributed by atoms with E-state index in [-0.39, 0.29) is 36.7 Å². The number of rotatable bonds is 11. The zero-order valence-corrected chi connectivity index (χ0v) is 21.2. The molecule has 1 aromatic carbocycles. The summed E-state index contributed by atoms with van der Waals surface area (Å²) in [6, 6.07) is 3.92. The number of benzene rings is 1. The number of amides is 3. The van der Waals surface area contributed by atoms with Gasteiger partial charge in [-0.3, -0.25) is 15.0 Å². The zero-order valence-electron chi connectivity index (χ0n) is 20.4. The molecule has 0 radical (unpaired) electrons. The first-order valence-electron chi connectivity index (χ1n) is 11.3. The Morgan fingerprint density at radius 2 is 1.88 bits per heavy atom. The summed E-state index contributed by atoms with van der Waals surface area (Å²) in [5.74, 6) is -0.952. The molecule has 2 N–H and O–H groups in total. The quantitative estimate of drug-likeness (QED) is 0.358. The Labute approximate surface area is 200 Å². The molecule has 3 rings (SSSR count). The van der Waals surface area contributed by atoms with Crippen molar-refractivity contribution in [1.29, 1.82) is 0 Å². The number of ether oxygens (including phenoxy) is 2. The summed E-state index contributed by atoms with van der Waals surface area (Å²) < 4.78 is 53.4. The highest BCUT2D eigenvalue weighted by atomic mass is 32.2. The molecule has 0 bridgehead atoms. The van der Waals surface area contributed by atoms with E-state index in [9.17, 15) is 22.4 Å². The van der Waals surface area contributed by atoms with Gasteiger partial charge in [0, 0.05) is 6.61 Å². The molecule has 1 saturated carbocycles. The van der Waals surface area contributed by atoms with Crippen LogP contribution in [0.15, 0.2) is 18.2 Å². The van der Waals surface area contributed by atoms with Crippen molar-refractivity contribution in [3.05, 3.63) is 29.6 Å². The molecular formula is C23H34FN3O6S. The molecule has 2 fully saturated rings. The maximum absolute atomic E-state index is 14.2. The number of nitrogens with one attached hydrogen (secondary N) is 2. The number of hydrogen-bond acceptors (Lipinski definition) is 6. The van der Waals surface area contributed by atoms with E-state index in [1.54, 1.807) is 26.0 Å². The summed E-state index contributed by atoms with van der Waals surface area (Å²) in [5.41, 5.74) is -1.25. The molecular weight excluding hydrogens is 465 g/mol. The Bertz CT molecular complexity index is 1050. The molecule has 1 heterocycles. The number of imide groups is 1. The number of hydrogen-bond donors (Lipinski definition) is 2. The molecule has 1 aromatic rings. The fraction of sp³-hybridized carbons (Fsp3) is 0.652. The van der Waals surface area contributed by atoms with Gasteiger partial charge in [0.05, 0.1) is 17.9 Å². The van der Waals surface area contributed by atoms with E-state index < -0.39 is 38.9 Å². The van der Waals surface area contributed by atoms with Crippen LogP contribution in [0.5, 0.6) is 5.75 Å². The van der Waals surface area contributed by atoms with Crippen molar-refractivity contribution in [2.24, 2.45) is 5.41 Å². The van der Waals surface area contributed by atoms with Crippen LogP contribution < -0.4 is 14.8 Å². The van der Waals surface area contributed by atoms with Crippen molar-refractivity contribution in [1.82, 2.24) is 14.9 Å². The summed E-state index contributed by atoms with van der Waals surface area (Å²) in [6.07, 6.45) is 1.43. The van der Waals surface area contributed by atoms with Crippen LogP contribution in [0.2, 0.25) is 0 Å².